The van der Waals surface area contributed by atoms with Crippen LogP contribution in [0.4, 0.5) is 0 Å². The number of likely N-dealkylation sites (N-methyl/N-ethyl adjacent to an activating group) is 2. The second kappa shape index (κ2) is 6.91. The number of carbonyl (C=O) groups is 1. The molecule has 0 heterocycles. The maximum atomic E-state index is 11.7. The maximum absolute atomic E-state index is 11.7. The molecule has 1 amide bonds. The van der Waals surface area contributed by atoms with Gasteiger partial charge < -0.3 is 15.0 Å². The van der Waals surface area contributed by atoms with Crippen LogP contribution in [-0.4, -0.2) is 44.6 Å². The molecule has 1 N–H and O–H groups in total. The zero-order chi connectivity index (χ0) is 12.7. The molecule has 94 valence electrons. The van der Waals surface area contributed by atoms with Gasteiger partial charge in [0.05, 0.1) is 0 Å². The molecular weight excluding hydrogens is 216 g/mol. The standard InChI is InChI=1S/C13H20N2O2/c1-11-4-6-12(7-5-11)17-10-13(16)15(3)9-8-14-2/h4-7,14H,8-10H2,1-3H3. The Balaban J connectivity index is 2.34. The van der Waals surface area contributed by atoms with Crippen molar-refractivity contribution in [2.45, 2.75) is 6.92 Å². The smallest absolute Gasteiger partial charge is 0.260 e. The van der Waals surface area contributed by atoms with Crippen molar-refractivity contribution in [1.82, 2.24) is 10.2 Å². The number of benzene rings is 1. The van der Waals surface area contributed by atoms with E-state index in [-0.39, 0.29) is 12.5 Å². The summed E-state index contributed by atoms with van der Waals surface area (Å²) in [6, 6.07) is 7.67. The predicted molar refractivity (Wildman–Crippen MR) is 68.2 cm³/mol. The highest BCUT2D eigenvalue weighted by Crippen LogP contribution is 2.11. The molecule has 4 heteroatoms. The van der Waals surface area contributed by atoms with Crippen molar-refractivity contribution in [3.05, 3.63) is 29.8 Å². The fourth-order valence-electron chi connectivity index (χ4n) is 1.29. The predicted octanol–water partition coefficient (Wildman–Crippen LogP) is 1.05. The molecule has 0 atom stereocenters. The zero-order valence-corrected chi connectivity index (χ0v) is 10.7. The molecule has 17 heavy (non-hydrogen) atoms. The summed E-state index contributed by atoms with van der Waals surface area (Å²) >= 11 is 0. The van der Waals surface area contributed by atoms with E-state index in [9.17, 15) is 4.79 Å². The zero-order valence-electron chi connectivity index (χ0n) is 10.7. The van der Waals surface area contributed by atoms with Crippen molar-refractivity contribution in [3.8, 4) is 5.75 Å². The van der Waals surface area contributed by atoms with E-state index in [1.54, 1.807) is 11.9 Å². The van der Waals surface area contributed by atoms with E-state index in [1.807, 2.05) is 38.2 Å². The number of rotatable bonds is 6. The molecular formula is C13H20N2O2. The molecule has 4 nitrogen and oxygen atoms in total. The van der Waals surface area contributed by atoms with Gasteiger partial charge in [-0.3, -0.25) is 4.79 Å². The van der Waals surface area contributed by atoms with Crippen LogP contribution in [-0.2, 0) is 4.79 Å². The summed E-state index contributed by atoms with van der Waals surface area (Å²) in [5, 5.41) is 3.00. The summed E-state index contributed by atoms with van der Waals surface area (Å²) in [7, 11) is 3.64. The fraction of sp³-hybridized carbons (Fsp3) is 0.462. The van der Waals surface area contributed by atoms with Crippen molar-refractivity contribution < 1.29 is 9.53 Å². The molecule has 0 unspecified atom stereocenters. The van der Waals surface area contributed by atoms with Gasteiger partial charge in [-0.25, -0.2) is 0 Å². The quantitative estimate of drug-likeness (QED) is 0.802. The van der Waals surface area contributed by atoms with Crippen LogP contribution in [0.2, 0.25) is 0 Å². The minimum absolute atomic E-state index is 0.0131. The van der Waals surface area contributed by atoms with Crippen LogP contribution in [0, 0.1) is 6.92 Å². The van der Waals surface area contributed by atoms with E-state index in [4.69, 9.17) is 4.74 Å². The number of nitrogens with one attached hydrogen (secondary N) is 1. The van der Waals surface area contributed by atoms with Gasteiger partial charge in [0.1, 0.15) is 5.75 Å². The third-order valence-electron chi connectivity index (χ3n) is 2.51. The lowest BCUT2D eigenvalue weighted by molar-refractivity contribution is -0.131. The number of hydrogen-bond donors (Lipinski definition) is 1. The topological polar surface area (TPSA) is 41.6 Å². The highest BCUT2D eigenvalue weighted by molar-refractivity contribution is 5.77. The third-order valence-corrected chi connectivity index (χ3v) is 2.51. The van der Waals surface area contributed by atoms with E-state index in [0.717, 1.165) is 12.3 Å². The van der Waals surface area contributed by atoms with Gasteiger partial charge in [0.2, 0.25) is 0 Å². The SMILES string of the molecule is CNCCN(C)C(=O)COc1ccc(C)cc1. The van der Waals surface area contributed by atoms with Crippen molar-refractivity contribution in [2.75, 3.05) is 33.8 Å². The summed E-state index contributed by atoms with van der Waals surface area (Å²) < 4.78 is 5.41. The van der Waals surface area contributed by atoms with E-state index < -0.39 is 0 Å². The van der Waals surface area contributed by atoms with Gasteiger partial charge in [-0.15, -0.1) is 0 Å². The highest BCUT2D eigenvalue weighted by Gasteiger charge is 2.08. The van der Waals surface area contributed by atoms with Crippen molar-refractivity contribution in [1.29, 1.82) is 0 Å². The Morgan fingerprint density at radius 3 is 2.59 bits per heavy atom. The Bertz CT molecular complexity index is 349. The molecule has 1 aromatic rings. The van der Waals surface area contributed by atoms with E-state index in [0.29, 0.717) is 6.54 Å². The van der Waals surface area contributed by atoms with Crippen LogP contribution in [0.25, 0.3) is 0 Å². The monoisotopic (exact) mass is 236 g/mol. The summed E-state index contributed by atoms with van der Waals surface area (Å²) in [5.41, 5.74) is 1.18. The molecule has 0 aliphatic rings. The Morgan fingerprint density at radius 2 is 2.00 bits per heavy atom. The Morgan fingerprint density at radius 1 is 1.35 bits per heavy atom. The summed E-state index contributed by atoms with van der Waals surface area (Å²) in [5.74, 6) is 0.715. The van der Waals surface area contributed by atoms with Crippen LogP contribution in [0.1, 0.15) is 5.56 Å². The van der Waals surface area contributed by atoms with Gasteiger partial charge in [0.15, 0.2) is 6.61 Å². The molecule has 0 aliphatic carbocycles. The number of amides is 1. The average molecular weight is 236 g/mol. The minimum Gasteiger partial charge on any atom is -0.484 e. The lowest BCUT2D eigenvalue weighted by Crippen LogP contribution is -2.35. The molecule has 0 aromatic heterocycles. The van der Waals surface area contributed by atoms with Crippen LogP contribution < -0.4 is 10.1 Å². The van der Waals surface area contributed by atoms with Crippen LogP contribution >= 0.6 is 0 Å². The van der Waals surface area contributed by atoms with Crippen molar-refractivity contribution in [3.63, 3.8) is 0 Å². The van der Waals surface area contributed by atoms with Crippen molar-refractivity contribution in [2.24, 2.45) is 0 Å². The average Bonchev–Trinajstić information content (AvgIpc) is 2.34. The normalized spacial score (nSPS) is 10.1. The minimum atomic E-state index is -0.0131. The first-order valence-corrected chi connectivity index (χ1v) is 5.71. The van der Waals surface area contributed by atoms with Gasteiger partial charge in [-0.05, 0) is 26.1 Å². The summed E-state index contributed by atoms with van der Waals surface area (Å²) in [6.07, 6.45) is 0. The van der Waals surface area contributed by atoms with E-state index >= 15 is 0 Å². The van der Waals surface area contributed by atoms with Gasteiger partial charge in [-0.1, -0.05) is 17.7 Å². The van der Waals surface area contributed by atoms with Gasteiger partial charge in [-0.2, -0.15) is 0 Å². The van der Waals surface area contributed by atoms with Gasteiger partial charge in [0.25, 0.3) is 5.91 Å². The molecule has 0 fully saturated rings. The third kappa shape index (κ3) is 4.87. The second-order valence-corrected chi connectivity index (χ2v) is 4.02. The van der Waals surface area contributed by atoms with Gasteiger partial charge >= 0.3 is 0 Å². The second-order valence-electron chi connectivity index (χ2n) is 4.02. The molecule has 0 bridgehead atoms. The first-order chi connectivity index (χ1) is 8.13. The summed E-state index contributed by atoms with van der Waals surface area (Å²) in [4.78, 5) is 13.3. The number of aryl methyl sites for hydroxylation is 1. The number of hydrogen-bond acceptors (Lipinski definition) is 3. The fourth-order valence-corrected chi connectivity index (χ4v) is 1.29. The summed E-state index contributed by atoms with van der Waals surface area (Å²) in [6.45, 7) is 3.57. The van der Waals surface area contributed by atoms with Crippen LogP contribution in [0.5, 0.6) is 5.75 Å². The Kier molecular flexibility index (Phi) is 5.49. The van der Waals surface area contributed by atoms with Crippen LogP contribution in [0.3, 0.4) is 0 Å². The molecule has 0 saturated carbocycles. The number of ether oxygens (including phenoxy) is 1. The van der Waals surface area contributed by atoms with Crippen molar-refractivity contribution >= 4 is 5.91 Å². The molecule has 0 aliphatic heterocycles. The lowest BCUT2D eigenvalue weighted by Gasteiger charge is -2.17. The van der Waals surface area contributed by atoms with Crippen LogP contribution in [0.15, 0.2) is 24.3 Å². The van der Waals surface area contributed by atoms with E-state index in [1.165, 1.54) is 5.56 Å². The van der Waals surface area contributed by atoms with Gasteiger partial charge in [0, 0.05) is 20.1 Å². The number of nitrogens with zero attached hydrogens (tertiary/aromatic N) is 1. The molecule has 0 spiro atoms. The first kappa shape index (κ1) is 13.5. The molecule has 0 saturated heterocycles. The number of carbonyl (C=O) groups excluding carboxylic acids is 1. The first-order valence-electron chi connectivity index (χ1n) is 5.71. The molecule has 1 rings (SSSR count). The Hall–Kier alpha value is -1.55. The molecule has 0 radical (unpaired) electrons. The lowest BCUT2D eigenvalue weighted by atomic mass is 10.2. The largest absolute Gasteiger partial charge is 0.484 e. The highest BCUT2D eigenvalue weighted by atomic mass is 16.5. The van der Waals surface area contributed by atoms with E-state index in [2.05, 4.69) is 5.32 Å². The maximum Gasteiger partial charge on any atom is 0.260 e. The Labute approximate surface area is 103 Å². The molecule has 1 aromatic carbocycles.